The van der Waals surface area contributed by atoms with Crippen LogP contribution in [0.3, 0.4) is 0 Å². The molecule has 2 saturated carbocycles. The summed E-state index contributed by atoms with van der Waals surface area (Å²) in [5.74, 6) is -0.0233. The van der Waals surface area contributed by atoms with Crippen LogP contribution in [0.4, 0.5) is 0 Å². The highest BCUT2D eigenvalue weighted by molar-refractivity contribution is 5.70. The van der Waals surface area contributed by atoms with Crippen LogP contribution >= 0.6 is 0 Å². The van der Waals surface area contributed by atoms with Crippen molar-refractivity contribution in [3.63, 3.8) is 0 Å². The highest BCUT2D eigenvalue weighted by Crippen LogP contribution is 2.43. The Kier molecular flexibility index (Phi) is 4.00. The van der Waals surface area contributed by atoms with Crippen LogP contribution in [0.1, 0.15) is 65.2 Å². The van der Waals surface area contributed by atoms with Gasteiger partial charge in [-0.25, -0.2) is 0 Å². The zero-order valence-electron chi connectivity index (χ0n) is 11.8. The molecule has 0 aromatic heterocycles. The maximum atomic E-state index is 12.0. The average Bonchev–Trinajstić information content (AvgIpc) is 2.27. The largest absolute Gasteiger partial charge is 0.462 e. The van der Waals surface area contributed by atoms with Crippen molar-refractivity contribution in [3.8, 4) is 0 Å². The normalized spacial score (nSPS) is 26.4. The van der Waals surface area contributed by atoms with Crippen LogP contribution in [0.5, 0.6) is 0 Å². The van der Waals surface area contributed by atoms with Gasteiger partial charge in [-0.1, -0.05) is 20.3 Å². The lowest BCUT2D eigenvalue weighted by Gasteiger charge is -2.40. The van der Waals surface area contributed by atoms with E-state index in [0.29, 0.717) is 18.4 Å². The molecule has 0 amide bonds. The Labute approximate surface area is 110 Å². The van der Waals surface area contributed by atoms with E-state index in [4.69, 9.17) is 10.5 Å². The van der Waals surface area contributed by atoms with Crippen molar-refractivity contribution in [3.05, 3.63) is 0 Å². The Morgan fingerprint density at radius 2 is 1.83 bits per heavy atom. The van der Waals surface area contributed by atoms with Crippen LogP contribution in [0.15, 0.2) is 0 Å². The van der Waals surface area contributed by atoms with Crippen LogP contribution in [-0.2, 0) is 9.53 Å². The van der Waals surface area contributed by atoms with Gasteiger partial charge in [0.05, 0.1) is 6.42 Å². The van der Waals surface area contributed by atoms with Crippen LogP contribution in [-0.4, -0.2) is 18.6 Å². The maximum Gasteiger partial charge on any atom is 0.306 e. The number of nitrogens with two attached hydrogens (primary N) is 1. The minimum atomic E-state index is -0.0233. The van der Waals surface area contributed by atoms with E-state index in [1.165, 1.54) is 6.42 Å². The van der Waals surface area contributed by atoms with Gasteiger partial charge in [0.2, 0.25) is 0 Å². The summed E-state index contributed by atoms with van der Waals surface area (Å²) in [7, 11) is 0. The van der Waals surface area contributed by atoms with Crippen molar-refractivity contribution in [2.75, 3.05) is 6.54 Å². The molecule has 0 atom stereocenters. The van der Waals surface area contributed by atoms with Crippen LogP contribution < -0.4 is 5.73 Å². The Hall–Kier alpha value is -0.570. The number of rotatable bonds is 4. The van der Waals surface area contributed by atoms with E-state index < -0.39 is 0 Å². The van der Waals surface area contributed by atoms with Crippen molar-refractivity contribution in [2.24, 2.45) is 16.6 Å². The summed E-state index contributed by atoms with van der Waals surface area (Å²) >= 11 is 0. The zero-order valence-corrected chi connectivity index (χ0v) is 11.8. The smallest absolute Gasteiger partial charge is 0.306 e. The average molecular weight is 253 g/mol. The van der Waals surface area contributed by atoms with E-state index in [-0.39, 0.29) is 17.5 Å². The molecule has 3 nitrogen and oxygen atoms in total. The second-order valence-electron chi connectivity index (χ2n) is 7.09. The lowest BCUT2D eigenvalue weighted by atomic mass is 9.67. The lowest BCUT2D eigenvalue weighted by Crippen LogP contribution is -2.40. The molecule has 0 aliphatic heterocycles. The minimum Gasteiger partial charge on any atom is -0.462 e. The Morgan fingerprint density at radius 3 is 2.28 bits per heavy atom. The van der Waals surface area contributed by atoms with Crippen LogP contribution in [0.25, 0.3) is 0 Å². The molecule has 0 heterocycles. The first kappa shape index (κ1) is 13.9. The Morgan fingerprint density at radius 1 is 1.22 bits per heavy atom. The van der Waals surface area contributed by atoms with Gasteiger partial charge in [0.25, 0.3) is 0 Å². The molecule has 3 heteroatoms. The van der Waals surface area contributed by atoms with Crippen molar-refractivity contribution in [2.45, 2.75) is 71.3 Å². The molecule has 2 aliphatic rings. The molecule has 2 N–H and O–H groups in total. The second kappa shape index (κ2) is 5.20. The van der Waals surface area contributed by atoms with E-state index in [2.05, 4.69) is 13.8 Å². The summed E-state index contributed by atoms with van der Waals surface area (Å²) in [6.07, 6.45) is 8.45. The molecule has 2 aliphatic carbocycles. The van der Waals surface area contributed by atoms with Gasteiger partial charge in [-0.05, 0) is 55.9 Å². The van der Waals surface area contributed by atoms with Crippen molar-refractivity contribution >= 4 is 5.97 Å². The van der Waals surface area contributed by atoms with Gasteiger partial charge in [-0.15, -0.1) is 0 Å². The third-order valence-electron chi connectivity index (χ3n) is 4.95. The summed E-state index contributed by atoms with van der Waals surface area (Å²) in [6, 6.07) is 0. The molecule has 0 spiro atoms. The number of carbonyl (C=O) groups excluding carboxylic acids is 1. The Bertz CT molecular complexity index is 292. The predicted molar refractivity (Wildman–Crippen MR) is 72.1 cm³/mol. The zero-order chi connectivity index (χ0) is 13.2. The molecular formula is C15H27NO2. The van der Waals surface area contributed by atoms with Gasteiger partial charge >= 0.3 is 5.97 Å². The molecular weight excluding hydrogens is 226 g/mol. The highest BCUT2D eigenvalue weighted by Gasteiger charge is 2.39. The fourth-order valence-electron chi connectivity index (χ4n) is 3.15. The van der Waals surface area contributed by atoms with E-state index in [1.54, 1.807) is 0 Å². The third-order valence-corrected chi connectivity index (χ3v) is 4.95. The molecule has 0 radical (unpaired) electrons. The van der Waals surface area contributed by atoms with Crippen molar-refractivity contribution in [1.82, 2.24) is 0 Å². The summed E-state index contributed by atoms with van der Waals surface area (Å²) in [5, 5.41) is 0. The molecule has 104 valence electrons. The number of hydrogen-bond donors (Lipinski definition) is 1. The first-order valence-electron chi connectivity index (χ1n) is 7.34. The lowest BCUT2D eigenvalue weighted by molar-refractivity contribution is -0.155. The van der Waals surface area contributed by atoms with Crippen LogP contribution in [0.2, 0.25) is 0 Å². The van der Waals surface area contributed by atoms with Gasteiger partial charge in [-0.3, -0.25) is 4.79 Å². The standard InChI is InChI=1S/C15H27NO2/c1-14(2)8-4-12(5-9-14)18-13(17)10-15(11-16)6-3-7-15/h12H,3-11,16H2,1-2H3. The van der Waals surface area contributed by atoms with Gasteiger partial charge in [-0.2, -0.15) is 0 Å². The Balaban J connectivity index is 1.75. The van der Waals surface area contributed by atoms with Crippen molar-refractivity contribution < 1.29 is 9.53 Å². The van der Waals surface area contributed by atoms with Gasteiger partial charge in [0, 0.05) is 0 Å². The fraction of sp³-hybridized carbons (Fsp3) is 0.933. The van der Waals surface area contributed by atoms with Crippen molar-refractivity contribution in [1.29, 1.82) is 0 Å². The molecule has 18 heavy (non-hydrogen) atoms. The monoisotopic (exact) mass is 253 g/mol. The highest BCUT2D eigenvalue weighted by atomic mass is 16.5. The summed E-state index contributed by atoms with van der Waals surface area (Å²) < 4.78 is 5.62. The van der Waals surface area contributed by atoms with E-state index in [0.717, 1.165) is 38.5 Å². The van der Waals surface area contributed by atoms with Gasteiger partial charge < -0.3 is 10.5 Å². The number of ether oxygens (including phenoxy) is 1. The molecule has 0 aromatic carbocycles. The molecule has 2 fully saturated rings. The SMILES string of the molecule is CC1(C)CCC(OC(=O)CC2(CN)CCC2)CC1. The van der Waals surface area contributed by atoms with Gasteiger partial charge in [0.1, 0.15) is 6.10 Å². The van der Waals surface area contributed by atoms with Gasteiger partial charge in [0.15, 0.2) is 0 Å². The minimum absolute atomic E-state index is 0.0233. The predicted octanol–water partition coefficient (Wildman–Crippen LogP) is 3.02. The molecule has 0 saturated heterocycles. The van der Waals surface area contributed by atoms with Crippen LogP contribution in [0, 0.1) is 10.8 Å². The van der Waals surface area contributed by atoms with E-state index in [1.807, 2.05) is 0 Å². The second-order valence-corrected chi connectivity index (χ2v) is 7.09. The molecule has 0 aromatic rings. The molecule has 0 unspecified atom stereocenters. The molecule has 2 rings (SSSR count). The summed E-state index contributed by atoms with van der Waals surface area (Å²) in [4.78, 5) is 12.0. The first-order valence-corrected chi connectivity index (χ1v) is 7.34. The summed E-state index contributed by atoms with van der Waals surface area (Å²) in [6.45, 7) is 5.21. The summed E-state index contributed by atoms with van der Waals surface area (Å²) in [5.41, 5.74) is 6.28. The number of hydrogen-bond acceptors (Lipinski definition) is 3. The number of esters is 1. The topological polar surface area (TPSA) is 52.3 Å². The molecule has 0 bridgehead atoms. The van der Waals surface area contributed by atoms with E-state index in [9.17, 15) is 4.79 Å². The fourth-order valence-corrected chi connectivity index (χ4v) is 3.15. The van der Waals surface area contributed by atoms with E-state index >= 15 is 0 Å². The number of carbonyl (C=O) groups is 1. The maximum absolute atomic E-state index is 12.0. The third kappa shape index (κ3) is 3.25. The first-order chi connectivity index (χ1) is 8.45. The quantitative estimate of drug-likeness (QED) is 0.784.